The summed E-state index contributed by atoms with van der Waals surface area (Å²) in [7, 11) is 0. The smallest absolute Gasteiger partial charge is 0.410 e. The third-order valence-corrected chi connectivity index (χ3v) is 8.98. The number of hydrogen-bond acceptors (Lipinski definition) is 6. The second-order valence-corrected chi connectivity index (χ2v) is 14.5. The molecule has 3 fully saturated rings. The molecule has 50 heavy (non-hydrogen) atoms. The lowest BCUT2D eigenvalue weighted by molar-refractivity contribution is -0.200. The van der Waals surface area contributed by atoms with E-state index >= 15 is 4.39 Å². The SMILES string of the molecule is CC(C)n1nccc1C(=O)N[C@H](C(=O)Nc1ccc([C@H](C)C(=O)N2CCN(C(=O)OC(C)(C)C)CC2C(F)(F)F)cc1F)C(=C1CC1)C1CC1. The summed E-state index contributed by atoms with van der Waals surface area (Å²) in [6, 6.07) is 1.75. The molecule has 4 amide bonds. The summed E-state index contributed by atoms with van der Waals surface area (Å²) in [5, 5.41) is 9.63. The van der Waals surface area contributed by atoms with Crippen molar-refractivity contribution < 1.29 is 41.5 Å². The van der Waals surface area contributed by atoms with E-state index in [9.17, 15) is 32.3 Å². The Kier molecular flexibility index (Phi) is 10.4. The summed E-state index contributed by atoms with van der Waals surface area (Å²) >= 11 is 0. The maximum Gasteiger partial charge on any atom is 0.410 e. The van der Waals surface area contributed by atoms with Gasteiger partial charge in [0.15, 0.2) is 0 Å². The number of halogens is 4. The van der Waals surface area contributed by atoms with Crippen molar-refractivity contribution in [1.29, 1.82) is 0 Å². The molecule has 272 valence electrons. The molecule has 5 rings (SSSR count). The molecule has 0 radical (unpaired) electrons. The Morgan fingerprint density at radius 1 is 1.00 bits per heavy atom. The average molecular weight is 705 g/mol. The van der Waals surface area contributed by atoms with Gasteiger partial charge in [-0.15, -0.1) is 0 Å². The summed E-state index contributed by atoms with van der Waals surface area (Å²) in [5.41, 5.74) is 1.20. The van der Waals surface area contributed by atoms with E-state index in [0.29, 0.717) is 4.90 Å². The normalized spacial score (nSPS) is 19.2. The first kappa shape index (κ1) is 36.8. The largest absolute Gasteiger partial charge is 0.444 e. The topological polar surface area (TPSA) is 126 Å². The second kappa shape index (κ2) is 14.1. The van der Waals surface area contributed by atoms with Crippen molar-refractivity contribution in [1.82, 2.24) is 24.9 Å². The molecule has 2 saturated carbocycles. The highest BCUT2D eigenvalue weighted by Gasteiger charge is 2.50. The van der Waals surface area contributed by atoms with Gasteiger partial charge in [-0.3, -0.25) is 19.1 Å². The number of benzene rings is 1. The number of allylic oxidation sites excluding steroid dienone is 1. The molecule has 3 aliphatic rings. The second-order valence-electron chi connectivity index (χ2n) is 14.5. The molecule has 1 aromatic carbocycles. The van der Waals surface area contributed by atoms with Crippen molar-refractivity contribution in [3.8, 4) is 0 Å². The standard InChI is InChI=1S/C35H44F4N6O5/c1-19(2)45-26(13-14-40-45)30(46)42-29(28(21-7-8-21)22-9-10-22)31(47)41-25-12-11-23(17-24(25)36)20(3)32(48)44-16-15-43(18-27(44)35(37,38)39)33(49)50-34(4,5)6/h11-14,17,19-21,27,29H,7-10,15-16,18H2,1-6H3,(H,41,47)(H,42,46)/t20-,27?,29-/m0/s1. The summed E-state index contributed by atoms with van der Waals surface area (Å²) in [6.45, 7) is 8.55. The van der Waals surface area contributed by atoms with E-state index in [1.165, 1.54) is 25.3 Å². The van der Waals surface area contributed by atoms with Crippen LogP contribution in [0.3, 0.4) is 0 Å². The zero-order valence-corrected chi connectivity index (χ0v) is 29.1. The highest BCUT2D eigenvalue weighted by atomic mass is 19.4. The lowest BCUT2D eigenvalue weighted by Gasteiger charge is -2.43. The van der Waals surface area contributed by atoms with Gasteiger partial charge in [0.1, 0.15) is 29.2 Å². The van der Waals surface area contributed by atoms with Crippen molar-refractivity contribution in [3.05, 3.63) is 58.7 Å². The van der Waals surface area contributed by atoms with Gasteiger partial charge in [0.25, 0.3) is 11.8 Å². The molecule has 15 heteroatoms. The molecule has 3 atom stereocenters. The number of anilines is 1. The Morgan fingerprint density at radius 3 is 2.24 bits per heavy atom. The predicted molar refractivity (Wildman–Crippen MR) is 176 cm³/mol. The van der Waals surface area contributed by atoms with Gasteiger partial charge >= 0.3 is 12.3 Å². The fourth-order valence-electron chi connectivity index (χ4n) is 6.19. The molecular weight excluding hydrogens is 660 g/mol. The van der Waals surface area contributed by atoms with Crippen molar-refractivity contribution in [2.24, 2.45) is 5.92 Å². The molecule has 1 aliphatic heterocycles. The van der Waals surface area contributed by atoms with E-state index in [4.69, 9.17) is 4.74 Å². The summed E-state index contributed by atoms with van der Waals surface area (Å²) < 4.78 is 64.8. The fraction of sp³-hybridized carbons (Fsp3) is 0.571. The van der Waals surface area contributed by atoms with Crippen LogP contribution in [0.5, 0.6) is 0 Å². The maximum atomic E-state index is 15.6. The molecular formula is C35H44F4N6O5. The van der Waals surface area contributed by atoms with E-state index in [1.54, 1.807) is 31.5 Å². The molecule has 2 aromatic rings. The van der Waals surface area contributed by atoms with Crippen LogP contribution < -0.4 is 10.6 Å². The molecule has 1 saturated heterocycles. The van der Waals surface area contributed by atoms with Gasteiger partial charge in [-0.05, 0) is 102 Å². The monoisotopic (exact) mass is 704 g/mol. The molecule has 2 heterocycles. The molecule has 1 aromatic heterocycles. The average Bonchev–Trinajstić information content (AvgIpc) is 3.98. The van der Waals surface area contributed by atoms with Crippen LogP contribution in [0.15, 0.2) is 41.6 Å². The fourth-order valence-corrected chi connectivity index (χ4v) is 6.19. The minimum absolute atomic E-state index is 0.103. The number of alkyl halides is 3. The number of piperazine rings is 1. The van der Waals surface area contributed by atoms with Crippen LogP contribution in [0, 0.1) is 11.7 Å². The number of carbonyl (C=O) groups excluding carboxylic acids is 4. The number of ether oxygens (including phenoxy) is 1. The van der Waals surface area contributed by atoms with Gasteiger partial charge in [0.05, 0.1) is 18.2 Å². The number of hydrogen-bond donors (Lipinski definition) is 2. The van der Waals surface area contributed by atoms with E-state index in [2.05, 4.69) is 15.7 Å². The third-order valence-electron chi connectivity index (χ3n) is 8.98. The van der Waals surface area contributed by atoms with Crippen LogP contribution in [0.25, 0.3) is 0 Å². The minimum atomic E-state index is -4.84. The van der Waals surface area contributed by atoms with Crippen molar-refractivity contribution in [2.45, 2.75) is 103 Å². The molecule has 0 bridgehead atoms. The van der Waals surface area contributed by atoms with Crippen molar-refractivity contribution in [2.75, 3.05) is 25.0 Å². The zero-order chi connectivity index (χ0) is 36.7. The molecule has 2 N–H and O–H groups in total. The Labute approximate surface area is 288 Å². The first-order chi connectivity index (χ1) is 23.4. The van der Waals surface area contributed by atoms with Crippen LogP contribution in [-0.2, 0) is 14.3 Å². The van der Waals surface area contributed by atoms with Crippen LogP contribution in [0.4, 0.5) is 28.0 Å². The Hall–Kier alpha value is -4.43. The minimum Gasteiger partial charge on any atom is -0.444 e. The predicted octanol–water partition coefficient (Wildman–Crippen LogP) is 5.95. The van der Waals surface area contributed by atoms with Gasteiger partial charge in [-0.25, -0.2) is 9.18 Å². The Morgan fingerprint density at radius 2 is 1.68 bits per heavy atom. The van der Waals surface area contributed by atoms with E-state index in [0.717, 1.165) is 47.8 Å². The Bertz CT molecular complexity index is 1670. The summed E-state index contributed by atoms with van der Waals surface area (Å²) in [6.07, 6.45) is -0.865. The van der Waals surface area contributed by atoms with Gasteiger partial charge in [0, 0.05) is 25.3 Å². The van der Waals surface area contributed by atoms with Crippen LogP contribution in [-0.4, -0.2) is 86.9 Å². The highest BCUT2D eigenvalue weighted by Crippen LogP contribution is 2.46. The lowest BCUT2D eigenvalue weighted by atomic mass is 9.97. The number of nitrogens with zero attached hydrogens (tertiary/aromatic N) is 4. The third kappa shape index (κ3) is 8.47. The van der Waals surface area contributed by atoms with Gasteiger partial charge in [-0.2, -0.15) is 18.3 Å². The first-order valence-electron chi connectivity index (χ1n) is 16.9. The molecule has 11 nitrogen and oxygen atoms in total. The zero-order valence-electron chi connectivity index (χ0n) is 29.1. The van der Waals surface area contributed by atoms with Crippen LogP contribution >= 0.6 is 0 Å². The molecule has 0 spiro atoms. The Balaban J connectivity index is 1.31. The number of carbonyl (C=O) groups is 4. The van der Waals surface area contributed by atoms with Gasteiger partial charge in [-0.1, -0.05) is 11.6 Å². The van der Waals surface area contributed by atoms with Gasteiger partial charge in [0.2, 0.25) is 5.91 Å². The van der Waals surface area contributed by atoms with E-state index in [1.807, 2.05) is 13.8 Å². The lowest BCUT2D eigenvalue weighted by Crippen LogP contribution is -2.62. The van der Waals surface area contributed by atoms with E-state index in [-0.39, 0.29) is 35.4 Å². The number of nitrogens with one attached hydrogen (secondary N) is 2. The highest BCUT2D eigenvalue weighted by molar-refractivity contribution is 6.02. The molecule has 2 aliphatic carbocycles. The van der Waals surface area contributed by atoms with Gasteiger partial charge < -0.3 is 25.2 Å². The van der Waals surface area contributed by atoms with Crippen LogP contribution in [0.1, 0.15) is 95.2 Å². The summed E-state index contributed by atoms with van der Waals surface area (Å²) in [4.78, 5) is 54.7. The summed E-state index contributed by atoms with van der Waals surface area (Å²) in [5.74, 6) is -3.95. The number of amides is 4. The van der Waals surface area contributed by atoms with Crippen molar-refractivity contribution in [3.63, 3.8) is 0 Å². The molecule has 1 unspecified atom stereocenters. The van der Waals surface area contributed by atoms with Crippen LogP contribution in [0.2, 0.25) is 0 Å². The van der Waals surface area contributed by atoms with Crippen molar-refractivity contribution >= 4 is 29.5 Å². The first-order valence-corrected chi connectivity index (χ1v) is 16.9. The quantitative estimate of drug-likeness (QED) is 0.246. The maximum absolute atomic E-state index is 15.6. The van der Waals surface area contributed by atoms with E-state index < -0.39 is 72.5 Å². The number of aromatic nitrogens is 2. The number of rotatable bonds is 9.